The Morgan fingerprint density at radius 2 is 0.905 bits per heavy atom. The molecule has 0 rings (SSSR count). The fourth-order valence-corrected chi connectivity index (χ4v) is 1.95. The van der Waals surface area contributed by atoms with Crippen molar-refractivity contribution in [2.24, 2.45) is 11.8 Å². The Hall–Kier alpha value is 0.359. The van der Waals surface area contributed by atoms with Crippen LogP contribution in [0.1, 0.15) is 41.5 Å². The monoisotopic (exact) mass is 351 g/mol. The van der Waals surface area contributed by atoms with E-state index in [0.717, 1.165) is 39.3 Å². The Kier molecular flexibility index (Phi) is 23.0. The smallest absolute Gasteiger partial charge is 0.854 e. The number of rotatable bonds is 10. The van der Waals surface area contributed by atoms with Gasteiger partial charge in [-0.25, -0.2) is 0 Å². The van der Waals surface area contributed by atoms with E-state index in [2.05, 4.69) is 37.5 Å². The minimum atomic E-state index is 0. The standard InChI is InChI=1S/2C8H18NO.Cu/c2*1-4-9(5-2)6-8(3)7-10;/h2*8H,4-7H2,1-3H3;/q2*-1;+2. The van der Waals surface area contributed by atoms with Gasteiger partial charge < -0.3 is 20.0 Å². The molecule has 0 saturated heterocycles. The summed E-state index contributed by atoms with van der Waals surface area (Å²) in [5, 5.41) is 20.7. The Labute approximate surface area is 143 Å². The largest absolute Gasteiger partial charge is 2.00 e. The summed E-state index contributed by atoms with van der Waals surface area (Å²) in [7, 11) is 0. The molecule has 4 nitrogen and oxygen atoms in total. The van der Waals surface area contributed by atoms with Gasteiger partial charge in [0.1, 0.15) is 0 Å². The molecule has 0 aliphatic heterocycles. The molecule has 0 heterocycles. The molecule has 0 fully saturated rings. The van der Waals surface area contributed by atoms with E-state index in [1.807, 2.05) is 13.8 Å². The molecule has 0 aromatic carbocycles. The van der Waals surface area contributed by atoms with E-state index < -0.39 is 0 Å². The summed E-state index contributed by atoms with van der Waals surface area (Å²) in [6.45, 7) is 18.8. The van der Waals surface area contributed by atoms with E-state index in [1.54, 1.807) is 0 Å². The van der Waals surface area contributed by atoms with Gasteiger partial charge in [-0.15, -0.1) is 13.2 Å². The first-order chi connectivity index (χ1) is 9.48. The minimum Gasteiger partial charge on any atom is -0.854 e. The van der Waals surface area contributed by atoms with Gasteiger partial charge in [0.15, 0.2) is 0 Å². The Morgan fingerprint density at radius 3 is 1.05 bits per heavy atom. The van der Waals surface area contributed by atoms with Gasteiger partial charge in [-0.05, 0) is 51.1 Å². The van der Waals surface area contributed by atoms with E-state index >= 15 is 0 Å². The molecule has 0 aliphatic carbocycles. The van der Waals surface area contributed by atoms with E-state index in [-0.39, 0.29) is 30.3 Å². The van der Waals surface area contributed by atoms with Crippen LogP contribution in [0.3, 0.4) is 0 Å². The molecule has 1 radical (unpaired) electrons. The van der Waals surface area contributed by atoms with Crippen molar-refractivity contribution >= 4 is 0 Å². The van der Waals surface area contributed by atoms with Gasteiger partial charge in [0, 0.05) is 0 Å². The average Bonchev–Trinajstić information content (AvgIpc) is 2.50. The summed E-state index contributed by atoms with van der Waals surface area (Å²) in [6, 6.07) is 0. The second-order valence-corrected chi connectivity index (χ2v) is 5.52. The van der Waals surface area contributed by atoms with E-state index in [9.17, 15) is 10.2 Å². The van der Waals surface area contributed by atoms with Crippen LogP contribution < -0.4 is 10.2 Å². The molecule has 133 valence electrons. The van der Waals surface area contributed by atoms with Gasteiger partial charge in [-0.1, -0.05) is 41.5 Å². The van der Waals surface area contributed by atoms with Crippen molar-refractivity contribution in [1.29, 1.82) is 0 Å². The quantitative estimate of drug-likeness (QED) is 0.542. The molecule has 0 bridgehead atoms. The van der Waals surface area contributed by atoms with E-state index in [0.29, 0.717) is 11.8 Å². The van der Waals surface area contributed by atoms with Crippen molar-refractivity contribution in [3.05, 3.63) is 0 Å². The maximum absolute atomic E-state index is 10.4. The first-order valence-electron chi connectivity index (χ1n) is 8.09. The molecule has 2 atom stereocenters. The van der Waals surface area contributed by atoms with Gasteiger partial charge >= 0.3 is 17.1 Å². The fourth-order valence-electron chi connectivity index (χ4n) is 1.95. The number of hydrogen-bond donors (Lipinski definition) is 0. The Balaban J connectivity index is -0.000000295. The molecule has 0 spiro atoms. The topological polar surface area (TPSA) is 52.6 Å². The fraction of sp³-hybridized carbons (Fsp3) is 1.00. The van der Waals surface area contributed by atoms with Crippen molar-refractivity contribution in [2.75, 3.05) is 52.5 Å². The van der Waals surface area contributed by atoms with Crippen LogP contribution in [-0.4, -0.2) is 62.3 Å². The van der Waals surface area contributed by atoms with Crippen LogP contribution in [0.2, 0.25) is 0 Å². The number of hydrogen-bond acceptors (Lipinski definition) is 4. The zero-order chi connectivity index (χ0) is 16.0. The van der Waals surface area contributed by atoms with Gasteiger partial charge in [-0.2, -0.15) is 0 Å². The first kappa shape index (κ1) is 26.3. The van der Waals surface area contributed by atoms with Crippen LogP contribution in [0.25, 0.3) is 0 Å². The van der Waals surface area contributed by atoms with Crippen LogP contribution in [0.4, 0.5) is 0 Å². The summed E-state index contributed by atoms with van der Waals surface area (Å²) < 4.78 is 0. The molecule has 0 aromatic heterocycles. The Bertz CT molecular complexity index is 169. The van der Waals surface area contributed by atoms with Crippen molar-refractivity contribution < 1.29 is 27.3 Å². The number of nitrogens with zero attached hydrogens (tertiary/aromatic N) is 2. The van der Waals surface area contributed by atoms with Crippen molar-refractivity contribution in [1.82, 2.24) is 9.80 Å². The maximum Gasteiger partial charge on any atom is 2.00 e. The van der Waals surface area contributed by atoms with Crippen molar-refractivity contribution in [2.45, 2.75) is 41.5 Å². The second-order valence-electron chi connectivity index (χ2n) is 5.52. The molecule has 0 N–H and O–H groups in total. The van der Waals surface area contributed by atoms with Gasteiger partial charge in [0.05, 0.1) is 0 Å². The van der Waals surface area contributed by atoms with Crippen LogP contribution in [0, 0.1) is 11.8 Å². The maximum atomic E-state index is 10.4. The van der Waals surface area contributed by atoms with Crippen molar-refractivity contribution in [3.63, 3.8) is 0 Å². The molecular formula is C16H36CuN2O2. The molecule has 0 saturated carbocycles. The Morgan fingerprint density at radius 1 is 0.667 bits per heavy atom. The molecule has 0 aromatic rings. The van der Waals surface area contributed by atoms with Gasteiger partial charge in [-0.3, -0.25) is 0 Å². The molecule has 0 amide bonds. The third-order valence-electron chi connectivity index (χ3n) is 3.50. The second kappa shape index (κ2) is 18.4. The molecule has 5 heteroatoms. The third-order valence-corrected chi connectivity index (χ3v) is 3.50. The van der Waals surface area contributed by atoms with Gasteiger partial charge in [0.2, 0.25) is 0 Å². The molecule has 0 aliphatic rings. The van der Waals surface area contributed by atoms with Crippen LogP contribution in [-0.2, 0) is 17.1 Å². The van der Waals surface area contributed by atoms with E-state index in [1.165, 1.54) is 0 Å². The zero-order valence-corrected chi connectivity index (χ0v) is 15.8. The summed E-state index contributed by atoms with van der Waals surface area (Å²) in [4.78, 5) is 4.56. The first-order valence-corrected chi connectivity index (χ1v) is 8.09. The summed E-state index contributed by atoms with van der Waals surface area (Å²) in [5.74, 6) is 0.611. The average molecular weight is 352 g/mol. The SMILES string of the molecule is CCN(CC)CC(C)C[O-].CCN(CC)CC(C)C[O-].[Cu+2]. The molecule has 21 heavy (non-hydrogen) atoms. The third kappa shape index (κ3) is 16.6. The van der Waals surface area contributed by atoms with Crippen molar-refractivity contribution in [3.8, 4) is 0 Å². The van der Waals surface area contributed by atoms with Crippen LogP contribution in [0.5, 0.6) is 0 Å². The summed E-state index contributed by atoms with van der Waals surface area (Å²) >= 11 is 0. The van der Waals surface area contributed by atoms with E-state index in [4.69, 9.17) is 0 Å². The van der Waals surface area contributed by atoms with Crippen LogP contribution in [0.15, 0.2) is 0 Å². The summed E-state index contributed by atoms with van der Waals surface area (Å²) in [5.41, 5.74) is 0. The van der Waals surface area contributed by atoms with Gasteiger partial charge in [0.25, 0.3) is 0 Å². The predicted molar refractivity (Wildman–Crippen MR) is 83.6 cm³/mol. The normalized spacial score (nSPS) is 13.4. The molecular weight excluding hydrogens is 316 g/mol. The van der Waals surface area contributed by atoms with Crippen LogP contribution >= 0.6 is 0 Å². The predicted octanol–water partition coefficient (Wildman–Crippen LogP) is 0.647. The minimum absolute atomic E-state index is 0. The molecule has 2 unspecified atom stereocenters. The summed E-state index contributed by atoms with van der Waals surface area (Å²) in [6.07, 6.45) is 0. The zero-order valence-electron chi connectivity index (χ0n) is 14.8.